The summed E-state index contributed by atoms with van der Waals surface area (Å²) < 4.78 is 16.8. The van der Waals surface area contributed by atoms with Crippen molar-refractivity contribution < 1.29 is 9.47 Å². The number of aromatic nitrogens is 5. The van der Waals surface area contributed by atoms with E-state index in [-0.39, 0.29) is 5.56 Å². The van der Waals surface area contributed by atoms with E-state index in [1.165, 1.54) is 11.6 Å². The fourth-order valence-corrected chi connectivity index (χ4v) is 3.35. The van der Waals surface area contributed by atoms with Gasteiger partial charge in [-0.2, -0.15) is 4.98 Å². The van der Waals surface area contributed by atoms with Crippen molar-refractivity contribution in [1.29, 1.82) is 0 Å². The van der Waals surface area contributed by atoms with Gasteiger partial charge in [-0.15, -0.1) is 0 Å². The Labute approximate surface area is 153 Å². The van der Waals surface area contributed by atoms with E-state index in [1.807, 2.05) is 29.8 Å². The van der Waals surface area contributed by atoms with E-state index in [0.29, 0.717) is 28.4 Å². The van der Waals surface area contributed by atoms with Gasteiger partial charge in [-0.3, -0.25) is 22.9 Å². The molecule has 1 aromatic carbocycles. The van der Waals surface area contributed by atoms with Crippen LogP contribution in [0.1, 0.15) is 5.69 Å². The number of methoxy groups -OCH3 is 2. The Morgan fingerprint density at radius 1 is 1.04 bits per heavy atom. The number of nitrogens with zero attached hydrogens (tertiary/aromatic N) is 5. The predicted molar refractivity (Wildman–Crippen MR) is 100 cm³/mol. The summed E-state index contributed by atoms with van der Waals surface area (Å²) in [5.41, 5.74) is 1.49. The molecular weight excluding hydrogens is 350 g/mol. The summed E-state index contributed by atoms with van der Waals surface area (Å²) in [6.07, 6.45) is 1.82. The maximum Gasteiger partial charge on any atom is 0.332 e. The molecule has 9 nitrogen and oxygen atoms in total. The molecule has 0 aliphatic heterocycles. The summed E-state index contributed by atoms with van der Waals surface area (Å²) >= 11 is 0. The Kier molecular flexibility index (Phi) is 3.62. The van der Waals surface area contributed by atoms with Crippen LogP contribution in [0.4, 0.5) is 0 Å². The monoisotopic (exact) mass is 369 g/mol. The number of hydrogen-bond acceptors (Lipinski definition) is 5. The van der Waals surface area contributed by atoms with Crippen LogP contribution < -0.4 is 20.7 Å². The van der Waals surface area contributed by atoms with E-state index in [4.69, 9.17) is 9.47 Å². The Morgan fingerprint density at radius 3 is 2.44 bits per heavy atom. The molecule has 27 heavy (non-hydrogen) atoms. The van der Waals surface area contributed by atoms with Crippen LogP contribution in [-0.4, -0.2) is 37.3 Å². The van der Waals surface area contributed by atoms with Gasteiger partial charge in [0.05, 0.1) is 19.9 Å². The van der Waals surface area contributed by atoms with Crippen molar-refractivity contribution in [1.82, 2.24) is 23.1 Å². The van der Waals surface area contributed by atoms with Gasteiger partial charge in [0.15, 0.2) is 11.2 Å². The van der Waals surface area contributed by atoms with E-state index in [2.05, 4.69) is 4.98 Å². The molecule has 4 aromatic rings. The molecule has 3 aromatic heterocycles. The van der Waals surface area contributed by atoms with Crippen LogP contribution in [0.15, 0.2) is 34.0 Å². The van der Waals surface area contributed by atoms with E-state index < -0.39 is 5.69 Å². The van der Waals surface area contributed by atoms with Crippen LogP contribution >= 0.6 is 0 Å². The topological polar surface area (TPSA) is 84.7 Å². The lowest BCUT2D eigenvalue weighted by molar-refractivity contribution is 0.393. The lowest BCUT2D eigenvalue weighted by Gasteiger charge is -2.12. The third-order valence-corrected chi connectivity index (χ3v) is 4.77. The Hall–Kier alpha value is -3.49. The summed E-state index contributed by atoms with van der Waals surface area (Å²) in [6, 6.07) is 5.47. The Balaban J connectivity index is 2.14. The van der Waals surface area contributed by atoms with Gasteiger partial charge in [0.25, 0.3) is 5.56 Å². The van der Waals surface area contributed by atoms with Crippen LogP contribution in [-0.2, 0) is 14.1 Å². The zero-order valence-electron chi connectivity index (χ0n) is 15.7. The minimum atomic E-state index is -0.418. The molecule has 0 aliphatic rings. The molecule has 0 atom stereocenters. The molecule has 0 unspecified atom stereocenters. The number of rotatable bonds is 3. The zero-order chi connectivity index (χ0) is 19.5. The Bertz CT molecular complexity index is 1320. The fraction of sp³-hybridized carbons (Fsp3) is 0.278. The summed E-state index contributed by atoms with van der Waals surface area (Å²) in [6.45, 7) is 1.91. The average Bonchev–Trinajstić information content (AvgIpc) is 3.18. The minimum Gasteiger partial charge on any atom is -0.497 e. The highest BCUT2D eigenvalue weighted by atomic mass is 16.5. The number of benzene rings is 1. The molecule has 4 rings (SSSR count). The van der Waals surface area contributed by atoms with Crippen molar-refractivity contribution in [3.05, 3.63) is 50.9 Å². The van der Waals surface area contributed by atoms with E-state index in [0.717, 1.165) is 15.9 Å². The summed E-state index contributed by atoms with van der Waals surface area (Å²) in [4.78, 5) is 29.5. The molecule has 0 N–H and O–H groups in total. The maximum absolute atomic E-state index is 12.7. The van der Waals surface area contributed by atoms with E-state index in [9.17, 15) is 9.59 Å². The summed E-state index contributed by atoms with van der Waals surface area (Å²) in [5, 5.41) is 0. The van der Waals surface area contributed by atoms with E-state index in [1.54, 1.807) is 31.7 Å². The first-order valence-corrected chi connectivity index (χ1v) is 8.27. The first-order valence-electron chi connectivity index (χ1n) is 8.27. The first kappa shape index (κ1) is 17.0. The fourth-order valence-electron chi connectivity index (χ4n) is 3.35. The number of hydrogen-bond donors (Lipinski definition) is 0. The number of ether oxygens (including phenoxy) is 2. The van der Waals surface area contributed by atoms with Crippen molar-refractivity contribution in [2.24, 2.45) is 14.1 Å². The van der Waals surface area contributed by atoms with Gasteiger partial charge in [0.2, 0.25) is 5.78 Å². The van der Waals surface area contributed by atoms with Crippen LogP contribution in [0.5, 0.6) is 11.5 Å². The molecule has 0 amide bonds. The molecule has 0 spiro atoms. The molecule has 0 aliphatic carbocycles. The van der Waals surface area contributed by atoms with E-state index >= 15 is 0 Å². The minimum absolute atomic E-state index is 0.333. The van der Waals surface area contributed by atoms with Crippen LogP contribution in [0.3, 0.4) is 0 Å². The van der Waals surface area contributed by atoms with Crippen molar-refractivity contribution in [2.45, 2.75) is 6.92 Å². The average molecular weight is 369 g/mol. The molecule has 0 fully saturated rings. The summed E-state index contributed by atoms with van der Waals surface area (Å²) in [7, 11) is 6.22. The molecular formula is C18H19N5O4. The number of aryl methyl sites for hydroxylation is 2. The lowest BCUT2D eigenvalue weighted by Crippen LogP contribution is -2.37. The second-order valence-corrected chi connectivity index (χ2v) is 6.30. The third-order valence-electron chi connectivity index (χ3n) is 4.77. The van der Waals surface area contributed by atoms with Gasteiger partial charge >= 0.3 is 5.69 Å². The quantitative estimate of drug-likeness (QED) is 0.538. The van der Waals surface area contributed by atoms with Gasteiger partial charge in [0, 0.05) is 32.1 Å². The maximum atomic E-state index is 12.7. The van der Waals surface area contributed by atoms with Gasteiger partial charge in [-0.25, -0.2) is 4.79 Å². The van der Waals surface area contributed by atoms with Gasteiger partial charge in [-0.1, -0.05) is 0 Å². The van der Waals surface area contributed by atoms with Gasteiger partial charge < -0.3 is 9.47 Å². The second kappa shape index (κ2) is 5.76. The highest BCUT2D eigenvalue weighted by molar-refractivity contribution is 5.76. The predicted octanol–water partition coefficient (Wildman–Crippen LogP) is 1.00. The molecule has 0 bridgehead atoms. The molecule has 3 heterocycles. The van der Waals surface area contributed by atoms with Gasteiger partial charge in [0.1, 0.15) is 11.5 Å². The smallest absolute Gasteiger partial charge is 0.332 e. The molecule has 0 saturated carbocycles. The highest BCUT2D eigenvalue weighted by Gasteiger charge is 2.21. The standard InChI is InChI=1S/C18H19N5O4/c1-10-9-22-14-15(20(2)18(25)21(3)16(14)24)19-17(22)23(10)12-7-6-11(26-4)8-13(12)27-5/h6-9H,1-5H3. The van der Waals surface area contributed by atoms with Crippen molar-refractivity contribution in [3.63, 3.8) is 0 Å². The largest absolute Gasteiger partial charge is 0.497 e. The number of imidazole rings is 2. The van der Waals surface area contributed by atoms with Gasteiger partial charge in [-0.05, 0) is 19.1 Å². The molecule has 0 saturated heterocycles. The van der Waals surface area contributed by atoms with Crippen LogP contribution in [0, 0.1) is 6.92 Å². The third kappa shape index (κ3) is 2.21. The van der Waals surface area contributed by atoms with Crippen molar-refractivity contribution >= 4 is 16.9 Å². The highest BCUT2D eigenvalue weighted by Crippen LogP contribution is 2.31. The van der Waals surface area contributed by atoms with Crippen molar-refractivity contribution in [2.75, 3.05) is 14.2 Å². The SMILES string of the molecule is COc1ccc(-n2c(C)cn3c4c(=O)n(C)c(=O)n(C)c4nc23)c(OC)c1. The zero-order valence-corrected chi connectivity index (χ0v) is 15.7. The van der Waals surface area contributed by atoms with Crippen LogP contribution in [0.2, 0.25) is 0 Å². The Morgan fingerprint density at radius 2 is 1.78 bits per heavy atom. The lowest BCUT2D eigenvalue weighted by atomic mass is 10.2. The summed E-state index contributed by atoms with van der Waals surface area (Å²) in [5.74, 6) is 1.79. The molecule has 140 valence electrons. The second-order valence-electron chi connectivity index (χ2n) is 6.30. The normalized spacial score (nSPS) is 11.4. The first-order chi connectivity index (χ1) is 12.9. The molecule has 0 radical (unpaired) electrons. The van der Waals surface area contributed by atoms with Crippen molar-refractivity contribution in [3.8, 4) is 17.2 Å². The number of fused-ring (bicyclic) bond motifs is 3. The van der Waals surface area contributed by atoms with Crippen LogP contribution in [0.25, 0.3) is 22.6 Å². The molecule has 9 heteroatoms.